The molecule has 0 radical (unpaired) electrons. The van der Waals surface area contributed by atoms with Gasteiger partial charge >= 0.3 is 6.09 Å². The van der Waals surface area contributed by atoms with Crippen molar-refractivity contribution in [1.82, 2.24) is 5.32 Å². The van der Waals surface area contributed by atoms with Crippen LogP contribution >= 0.6 is 0 Å². The largest absolute Gasteiger partial charge is 0.444 e. The summed E-state index contributed by atoms with van der Waals surface area (Å²) in [5.74, 6) is 0. The average Bonchev–Trinajstić information content (AvgIpc) is 2.11. The van der Waals surface area contributed by atoms with Crippen LogP contribution in [0.15, 0.2) is 0 Å². The second kappa shape index (κ2) is 7.49. The number of rotatable bonds is 6. The Morgan fingerprint density at radius 2 is 2.00 bits per heavy atom. The Labute approximate surface area is 98.4 Å². The van der Waals surface area contributed by atoms with Crippen LogP contribution in [0.3, 0.4) is 0 Å². The van der Waals surface area contributed by atoms with Crippen LogP contribution in [0.1, 0.15) is 53.4 Å². The van der Waals surface area contributed by atoms with Gasteiger partial charge in [0.25, 0.3) is 0 Å². The average molecular weight is 231 g/mol. The summed E-state index contributed by atoms with van der Waals surface area (Å²) in [5, 5.41) is 11.6. The number of nitrogens with one attached hydrogen (secondary N) is 1. The van der Waals surface area contributed by atoms with Gasteiger partial charge in [-0.3, -0.25) is 0 Å². The van der Waals surface area contributed by atoms with E-state index in [9.17, 15) is 4.79 Å². The molecule has 0 unspecified atom stereocenters. The SMILES string of the molecule is CCC[C@@H](CCCO)NC(=O)OC(C)(C)C. The van der Waals surface area contributed by atoms with E-state index in [1.54, 1.807) is 0 Å². The van der Waals surface area contributed by atoms with Crippen LogP contribution in [-0.4, -0.2) is 29.4 Å². The highest BCUT2D eigenvalue weighted by atomic mass is 16.6. The van der Waals surface area contributed by atoms with Crippen molar-refractivity contribution >= 4 is 6.09 Å². The molecule has 96 valence electrons. The molecule has 0 aromatic heterocycles. The smallest absolute Gasteiger partial charge is 0.407 e. The fraction of sp³-hybridized carbons (Fsp3) is 0.917. The van der Waals surface area contributed by atoms with Gasteiger partial charge in [0.15, 0.2) is 0 Å². The van der Waals surface area contributed by atoms with Crippen molar-refractivity contribution in [3.05, 3.63) is 0 Å². The number of carbonyl (C=O) groups excluding carboxylic acids is 1. The van der Waals surface area contributed by atoms with Gasteiger partial charge < -0.3 is 15.2 Å². The van der Waals surface area contributed by atoms with Gasteiger partial charge in [-0.1, -0.05) is 13.3 Å². The molecule has 0 aliphatic rings. The molecule has 16 heavy (non-hydrogen) atoms. The van der Waals surface area contributed by atoms with Crippen LogP contribution in [-0.2, 0) is 4.74 Å². The zero-order valence-corrected chi connectivity index (χ0v) is 10.9. The molecular formula is C12H25NO3. The lowest BCUT2D eigenvalue weighted by molar-refractivity contribution is 0.0496. The summed E-state index contributed by atoms with van der Waals surface area (Å²) in [6, 6.07) is 0.104. The normalized spacial score (nSPS) is 13.3. The van der Waals surface area contributed by atoms with E-state index < -0.39 is 5.60 Å². The third kappa shape index (κ3) is 8.53. The first-order valence-corrected chi connectivity index (χ1v) is 5.99. The molecule has 0 aromatic carbocycles. The van der Waals surface area contributed by atoms with Crippen LogP contribution in [0.4, 0.5) is 4.79 Å². The van der Waals surface area contributed by atoms with Gasteiger partial charge in [-0.2, -0.15) is 0 Å². The maximum atomic E-state index is 11.5. The molecule has 2 N–H and O–H groups in total. The van der Waals surface area contributed by atoms with Gasteiger partial charge in [0.05, 0.1) is 0 Å². The molecule has 0 bridgehead atoms. The van der Waals surface area contributed by atoms with Gasteiger partial charge in [0.1, 0.15) is 5.60 Å². The predicted molar refractivity (Wildman–Crippen MR) is 64.4 cm³/mol. The molecule has 0 heterocycles. The highest BCUT2D eigenvalue weighted by molar-refractivity contribution is 5.68. The maximum Gasteiger partial charge on any atom is 0.407 e. The summed E-state index contributed by atoms with van der Waals surface area (Å²) < 4.78 is 5.18. The molecule has 4 nitrogen and oxygen atoms in total. The number of hydrogen-bond donors (Lipinski definition) is 2. The fourth-order valence-electron chi connectivity index (χ4n) is 1.45. The topological polar surface area (TPSA) is 58.6 Å². The second-order valence-corrected chi connectivity index (χ2v) is 5.00. The molecule has 0 rings (SSSR count). The molecule has 0 saturated heterocycles. The molecule has 4 heteroatoms. The first-order valence-electron chi connectivity index (χ1n) is 5.99. The number of amides is 1. The van der Waals surface area contributed by atoms with Crippen molar-refractivity contribution in [2.24, 2.45) is 0 Å². The molecule has 1 atom stereocenters. The zero-order chi connectivity index (χ0) is 12.6. The molecule has 0 aromatic rings. The molecule has 0 aliphatic heterocycles. The Bertz CT molecular complexity index is 199. The van der Waals surface area contributed by atoms with Gasteiger partial charge in [0.2, 0.25) is 0 Å². The second-order valence-electron chi connectivity index (χ2n) is 5.00. The standard InChI is InChI=1S/C12H25NO3/c1-5-7-10(8-6-9-14)13-11(15)16-12(2,3)4/h10,14H,5-9H2,1-4H3,(H,13,15)/t10-/m0/s1. The van der Waals surface area contributed by atoms with Crippen LogP contribution in [0.2, 0.25) is 0 Å². The van der Waals surface area contributed by atoms with Crippen LogP contribution in [0.5, 0.6) is 0 Å². The summed E-state index contributed by atoms with van der Waals surface area (Å²) in [6.45, 7) is 7.76. The van der Waals surface area contributed by atoms with Gasteiger partial charge in [-0.15, -0.1) is 0 Å². The van der Waals surface area contributed by atoms with E-state index in [4.69, 9.17) is 9.84 Å². The molecule has 0 aliphatic carbocycles. The lowest BCUT2D eigenvalue weighted by Crippen LogP contribution is -2.39. The molecule has 0 fully saturated rings. The van der Waals surface area contributed by atoms with Crippen molar-refractivity contribution in [3.63, 3.8) is 0 Å². The molecular weight excluding hydrogens is 206 g/mol. The number of carbonyl (C=O) groups is 1. The van der Waals surface area contributed by atoms with Gasteiger partial charge in [-0.25, -0.2) is 4.79 Å². The summed E-state index contributed by atoms with van der Waals surface area (Å²) in [7, 11) is 0. The highest BCUT2D eigenvalue weighted by Gasteiger charge is 2.18. The van der Waals surface area contributed by atoms with Crippen molar-refractivity contribution in [3.8, 4) is 0 Å². The van der Waals surface area contributed by atoms with E-state index in [2.05, 4.69) is 12.2 Å². The van der Waals surface area contributed by atoms with E-state index in [1.165, 1.54) is 0 Å². The Morgan fingerprint density at radius 3 is 2.44 bits per heavy atom. The molecule has 0 spiro atoms. The van der Waals surface area contributed by atoms with E-state index in [0.717, 1.165) is 19.3 Å². The maximum absolute atomic E-state index is 11.5. The Kier molecular flexibility index (Phi) is 7.13. The summed E-state index contributed by atoms with van der Waals surface area (Å²) >= 11 is 0. The third-order valence-corrected chi connectivity index (χ3v) is 2.07. The predicted octanol–water partition coefficient (Wildman–Crippen LogP) is 2.45. The minimum atomic E-state index is -0.460. The summed E-state index contributed by atoms with van der Waals surface area (Å²) in [5.41, 5.74) is -0.460. The number of ether oxygens (including phenoxy) is 1. The lowest BCUT2D eigenvalue weighted by Gasteiger charge is -2.23. The Morgan fingerprint density at radius 1 is 1.38 bits per heavy atom. The third-order valence-electron chi connectivity index (χ3n) is 2.07. The highest BCUT2D eigenvalue weighted by Crippen LogP contribution is 2.09. The first-order chi connectivity index (χ1) is 7.39. The number of aliphatic hydroxyl groups excluding tert-OH is 1. The summed E-state index contributed by atoms with van der Waals surface area (Å²) in [4.78, 5) is 11.5. The van der Waals surface area contributed by atoms with Crippen LogP contribution < -0.4 is 5.32 Å². The Hall–Kier alpha value is -0.770. The Balaban J connectivity index is 4.02. The first kappa shape index (κ1) is 15.2. The van der Waals surface area contributed by atoms with Crippen molar-refractivity contribution < 1.29 is 14.6 Å². The van der Waals surface area contributed by atoms with Gasteiger partial charge in [-0.05, 0) is 40.0 Å². The van der Waals surface area contributed by atoms with E-state index in [0.29, 0.717) is 6.42 Å². The molecule has 0 saturated carbocycles. The van der Waals surface area contributed by atoms with Crippen molar-refractivity contribution in [1.29, 1.82) is 0 Å². The number of aliphatic hydroxyl groups is 1. The number of hydrogen-bond acceptors (Lipinski definition) is 3. The van der Waals surface area contributed by atoms with Crippen molar-refractivity contribution in [2.45, 2.75) is 65.0 Å². The fourth-order valence-corrected chi connectivity index (χ4v) is 1.45. The summed E-state index contributed by atoms with van der Waals surface area (Å²) in [6.07, 6.45) is 3.05. The monoisotopic (exact) mass is 231 g/mol. The molecule has 1 amide bonds. The van der Waals surface area contributed by atoms with Crippen LogP contribution in [0, 0.1) is 0 Å². The minimum absolute atomic E-state index is 0.104. The van der Waals surface area contributed by atoms with Gasteiger partial charge in [0, 0.05) is 12.6 Å². The lowest BCUT2D eigenvalue weighted by atomic mass is 10.1. The quantitative estimate of drug-likeness (QED) is 0.738. The van der Waals surface area contributed by atoms with E-state index in [1.807, 2.05) is 20.8 Å². The minimum Gasteiger partial charge on any atom is -0.444 e. The van der Waals surface area contributed by atoms with E-state index >= 15 is 0 Å². The van der Waals surface area contributed by atoms with E-state index in [-0.39, 0.29) is 18.7 Å². The van der Waals surface area contributed by atoms with Crippen molar-refractivity contribution in [2.75, 3.05) is 6.61 Å². The number of alkyl carbamates (subject to hydrolysis) is 1. The zero-order valence-electron chi connectivity index (χ0n) is 10.9. The van der Waals surface area contributed by atoms with Crippen LogP contribution in [0.25, 0.3) is 0 Å².